The van der Waals surface area contributed by atoms with E-state index in [4.69, 9.17) is 0 Å². The third-order valence-corrected chi connectivity index (χ3v) is 4.08. The molecule has 1 N–H and O–H groups in total. The molecule has 0 unspecified atom stereocenters. The first-order valence-corrected chi connectivity index (χ1v) is 6.63. The third-order valence-electron chi connectivity index (χ3n) is 4.08. The molecule has 0 aliphatic heterocycles. The minimum Gasteiger partial charge on any atom is -0.311 e. The van der Waals surface area contributed by atoms with E-state index in [1.54, 1.807) is 7.05 Å². The van der Waals surface area contributed by atoms with Gasteiger partial charge in [0.05, 0.1) is 0 Å². The monoisotopic (exact) mass is 267 g/mol. The SMILES string of the molecule is CC(C)C(C)(C)CNCc1cc(=O)n(C)c(=O)n1C. The Hall–Kier alpha value is -1.36. The van der Waals surface area contributed by atoms with Crippen LogP contribution in [0.15, 0.2) is 15.7 Å². The minimum absolute atomic E-state index is 0.179. The van der Waals surface area contributed by atoms with Crippen LogP contribution in [-0.2, 0) is 20.6 Å². The first-order chi connectivity index (χ1) is 8.66. The van der Waals surface area contributed by atoms with Crippen LogP contribution in [0.25, 0.3) is 0 Å². The molecular formula is C14H25N3O2. The maximum Gasteiger partial charge on any atom is 0.330 e. The van der Waals surface area contributed by atoms with E-state index in [0.717, 1.165) is 11.1 Å². The lowest BCUT2D eigenvalue weighted by Gasteiger charge is -2.29. The van der Waals surface area contributed by atoms with Crippen molar-refractivity contribution in [3.05, 3.63) is 32.6 Å². The quantitative estimate of drug-likeness (QED) is 0.860. The summed E-state index contributed by atoms with van der Waals surface area (Å²) in [5.41, 5.74) is 0.349. The Kier molecular flexibility index (Phi) is 4.74. The molecule has 1 heterocycles. The normalized spacial score (nSPS) is 12.2. The van der Waals surface area contributed by atoms with Crippen LogP contribution in [0.5, 0.6) is 0 Å². The van der Waals surface area contributed by atoms with E-state index < -0.39 is 0 Å². The number of rotatable bonds is 5. The minimum atomic E-state index is -0.285. The van der Waals surface area contributed by atoms with Crippen molar-refractivity contribution in [2.75, 3.05) is 6.54 Å². The highest BCUT2D eigenvalue weighted by atomic mass is 16.2. The molecule has 0 aliphatic rings. The van der Waals surface area contributed by atoms with Gasteiger partial charge in [0.2, 0.25) is 0 Å². The molecule has 0 spiro atoms. The topological polar surface area (TPSA) is 56.0 Å². The predicted octanol–water partition coefficient (Wildman–Crippen LogP) is 0.856. The molecule has 0 saturated heterocycles. The lowest BCUT2D eigenvalue weighted by Crippen LogP contribution is -2.40. The molecular weight excluding hydrogens is 242 g/mol. The fourth-order valence-corrected chi connectivity index (χ4v) is 1.66. The molecule has 0 amide bonds. The third kappa shape index (κ3) is 3.56. The second kappa shape index (κ2) is 5.74. The number of aromatic nitrogens is 2. The van der Waals surface area contributed by atoms with Crippen LogP contribution in [0.4, 0.5) is 0 Å². The van der Waals surface area contributed by atoms with E-state index in [2.05, 4.69) is 33.0 Å². The molecule has 0 radical (unpaired) electrons. The second-order valence-electron chi connectivity index (χ2n) is 6.12. The molecule has 0 fully saturated rings. The van der Waals surface area contributed by atoms with Crippen LogP contribution in [0.1, 0.15) is 33.4 Å². The zero-order valence-electron chi connectivity index (χ0n) is 12.8. The molecule has 19 heavy (non-hydrogen) atoms. The van der Waals surface area contributed by atoms with Crippen LogP contribution in [-0.4, -0.2) is 15.7 Å². The summed E-state index contributed by atoms with van der Waals surface area (Å²) in [6, 6.07) is 1.51. The van der Waals surface area contributed by atoms with Gasteiger partial charge in [-0.2, -0.15) is 0 Å². The van der Waals surface area contributed by atoms with E-state index in [1.165, 1.54) is 17.7 Å². The van der Waals surface area contributed by atoms with Crippen molar-refractivity contribution in [3.8, 4) is 0 Å². The average Bonchev–Trinajstić information content (AvgIpc) is 2.32. The lowest BCUT2D eigenvalue weighted by molar-refractivity contribution is 0.237. The van der Waals surface area contributed by atoms with E-state index >= 15 is 0 Å². The van der Waals surface area contributed by atoms with E-state index in [0.29, 0.717) is 18.2 Å². The summed E-state index contributed by atoms with van der Waals surface area (Å²) in [6.45, 7) is 10.2. The van der Waals surface area contributed by atoms with Gasteiger partial charge < -0.3 is 5.32 Å². The fourth-order valence-electron chi connectivity index (χ4n) is 1.66. The Morgan fingerprint density at radius 3 is 2.32 bits per heavy atom. The van der Waals surface area contributed by atoms with Crippen LogP contribution >= 0.6 is 0 Å². The lowest BCUT2D eigenvalue weighted by atomic mass is 9.81. The molecule has 1 aromatic heterocycles. The van der Waals surface area contributed by atoms with Gasteiger partial charge in [0.1, 0.15) is 0 Å². The molecule has 0 aliphatic carbocycles. The fraction of sp³-hybridized carbons (Fsp3) is 0.714. The van der Waals surface area contributed by atoms with Crippen LogP contribution in [0.3, 0.4) is 0 Å². The summed E-state index contributed by atoms with van der Waals surface area (Å²) in [5.74, 6) is 0.562. The number of nitrogens with zero attached hydrogens (tertiary/aromatic N) is 2. The van der Waals surface area contributed by atoms with Gasteiger partial charge in [0.15, 0.2) is 0 Å². The largest absolute Gasteiger partial charge is 0.330 e. The van der Waals surface area contributed by atoms with Crippen molar-refractivity contribution in [3.63, 3.8) is 0 Å². The van der Waals surface area contributed by atoms with Gasteiger partial charge in [0, 0.05) is 38.9 Å². The summed E-state index contributed by atoms with van der Waals surface area (Å²) in [7, 11) is 3.18. The Morgan fingerprint density at radius 1 is 1.21 bits per heavy atom. The Labute approximate surface area is 114 Å². The van der Waals surface area contributed by atoms with Gasteiger partial charge in [-0.15, -0.1) is 0 Å². The summed E-state index contributed by atoms with van der Waals surface area (Å²) >= 11 is 0. The Balaban J connectivity index is 2.81. The smallest absolute Gasteiger partial charge is 0.311 e. The number of hydrogen-bond acceptors (Lipinski definition) is 3. The van der Waals surface area contributed by atoms with Crippen LogP contribution < -0.4 is 16.6 Å². The summed E-state index contributed by atoms with van der Waals surface area (Å²) in [5, 5.41) is 3.33. The highest BCUT2D eigenvalue weighted by Gasteiger charge is 2.21. The van der Waals surface area contributed by atoms with Gasteiger partial charge in [-0.25, -0.2) is 4.79 Å². The van der Waals surface area contributed by atoms with Crippen molar-refractivity contribution >= 4 is 0 Å². The highest BCUT2D eigenvalue weighted by molar-refractivity contribution is 5.02. The maximum atomic E-state index is 11.8. The first kappa shape index (κ1) is 15.7. The predicted molar refractivity (Wildman–Crippen MR) is 77.2 cm³/mol. The highest BCUT2D eigenvalue weighted by Crippen LogP contribution is 2.24. The summed E-state index contributed by atoms with van der Waals surface area (Å²) in [6.07, 6.45) is 0. The van der Waals surface area contributed by atoms with Crippen molar-refractivity contribution in [2.45, 2.75) is 34.2 Å². The molecule has 1 rings (SSSR count). The summed E-state index contributed by atoms with van der Waals surface area (Å²) < 4.78 is 2.62. The maximum absolute atomic E-state index is 11.8. The van der Waals surface area contributed by atoms with Gasteiger partial charge in [0.25, 0.3) is 5.56 Å². The van der Waals surface area contributed by atoms with Crippen LogP contribution in [0, 0.1) is 11.3 Å². The molecule has 0 bridgehead atoms. The van der Waals surface area contributed by atoms with E-state index in [-0.39, 0.29) is 16.7 Å². The van der Waals surface area contributed by atoms with Gasteiger partial charge in [-0.3, -0.25) is 13.9 Å². The van der Waals surface area contributed by atoms with E-state index in [1.807, 2.05) is 0 Å². The molecule has 0 aromatic carbocycles. The molecule has 5 heteroatoms. The van der Waals surface area contributed by atoms with Gasteiger partial charge >= 0.3 is 5.69 Å². The van der Waals surface area contributed by atoms with Crippen LogP contribution in [0.2, 0.25) is 0 Å². The first-order valence-electron chi connectivity index (χ1n) is 6.63. The Morgan fingerprint density at radius 2 is 1.79 bits per heavy atom. The van der Waals surface area contributed by atoms with E-state index in [9.17, 15) is 9.59 Å². The summed E-state index contributed by atoms with van der Waals surface area (Å²) in [4.78, 5) is 23.4. The molecule has 0 saturated carbocycles. The molecule has 1 aromatic rings. The van der Waals surface area contributed by atoms with Crippen molar-refractivity contribution < 1.29 is 0 Å². The number of nitrogens with one attached hydrogen (secondary N) is 1. The van der Waals surface area contributed by atoms with Gasteiger partial charge in [-0.05, 0) is 11.3 Å². The second-order valence-corrected chi connectivity index (χ2v) is 6.12. The average molecular weight is 267 g/mol. The zero-order valence-corrected chi connectivity index (χ0v) is 12.8. The number of hydrogen-bond donors (Lipinski definition) is 1. The standard InChI is InChI=1S/C14H25N3O2/c1-10(2)14(3,4)9-15-8-11-7-12(18)17(6)13(19)16(11)5/h7,10,15H,8-9H2,1-6H3. The molecule has 5 nitrogen and oxygen atoms in total. The molecule has 0 atom stereocenters. The van der Waals surface area contributed by atoms with Crippen molar-refractivity contribution in [2.24, 2.45) is 25.4 Å². The van der Waals surface area contributed by atoms with Crippen molar-refractivity contribution in [1.82, 2.24) is 14.5 Å². The van der Waals surface area contributed by atoms with Gasteiger partial charge in [-0.1, -0.05) is 27.7 Å². The van der Waals surface area contributed by atoms with Crippen molar-refractivity contribution in [1.29, 1.82) is 0 Å². The zero-order chi connectivity index (χ0) is 14.8. The molecule has 108 valence electrons. The Bertz CT molecular complexity index is 553.